The molecule has 0 N–H and O–H groups in total. The molecule has 4 nitrogen and oxygen atoms in total. The number of hydrogen-bond donors (Lipinski definition) is 0. The Balaban J connectivity index is 1.43. The van der Waals surface area contributed by atoms with Gasteiger partial charge in [0, 0.05) is 0 Å². The molecule has 4 atom stereocenters. The number of anilines is 1. The topological polar surface area (TPSA) is 46.6 Å². The number of imide groups is 1. The first-order valence-corrected chi connectivity index (χ1v) is 8.96. The summed E-state index contributed by atoms with van der Waals surface area (Å²) in [5.41, 5.74) is 0.928. The van der Waals surface area contributed by atoms with E-state index in [1.807, 2.05) is 24.3 Å². The molecule has 4 aliphatic rings. The van der Waals surface area contributed by atoms with E-state index in [2.05, 4.69) is 19.1 Å². The monoisotopic (exact) mass is 323 g/mol. The zero-order valence-corrected chi connectivity index (χ0v) is 13.8. The Kier molecular flexibility index (Phi) is 2.80. The van der Waals surface area contributed by atoms with Gasteiger partial charge in [-0.1, -0.05) is 19.1 Å². The summed E-state index contributed by atoms with van der Waals surface area (Å²) in [5, 5.41) is 0. The molecule has 1 spiro atoms. The Morgan fingerprint density at radius 2 is 1.62 bits per heavy atom. The van der Waals surface area contributed by atoms with Crippen molar-refractivity contribution in [3.05, 3.63) is 36.4 Å². The van der Waals surface area contributed by atoms with Gasteiger partial charge in [-0.05, 0) is 60.8 Å². The molecular formula is C20H21NO3. The van der Waals surface area contributed by atoms with Gasteiger partial charge in [0.1, 0.15) is 5.75 Å². The molecular weight excluding hydrogens is 302 g/mol. The Labute approximate surface area is 141 Å². The fourth-order valence-electron chi connectivity index (χ4n) is 5.24. The third-order valence-corrected chi connectivity index (χ3v) is 6.42. The predicted molar refractivity (Wildman–Crippen MR) is 89.5 cm³/mol. The van der Waals surface area contributed by atoms with Crippen LogP contribution in [0, 0.1) is 29.1 Å². The quantitative estimate of drug-likeness (QED) is 0.631. The van der Waals surface area contributed by atoms with Crippen LogP contribution in [0.4, 0.5) is 5.69 Å². The highest BCUT2D eigenvalue weighted by atomic mass is 16.5. The zero-order valence-electron chi connectivity index (χ0n) is 13.8. The fraction of sp³-hybridized carbons (Fsp3) is 0.500. The van der Waals surface area contributed by atoms with Gasteiger partial charge in [-0.3, -0.25) is 14.5 Å². The number of carbonyl (C=O) groups is 2. The number of allylic oxidation sites excluding steroid dienone is 2. The largest absolute Gasteiger partial charge is 0.494 e. The van der Waals surface area contributed by atoms with Crippen LogP contribution in [0.15, 0.2) is 36.4 Å². The van der Waals surface area contributed by atoms with Crippen LogP contribution in [-0.2, 0) is 9.59 Å². The van der Waals surface area contributed by atoms with Gasteiger partial charge in [-0.25, -0.2) is 0 Å². The lowest BCUT2D eigenvalue weighted by atomic mass is 9.85. The number of ether oxygens (including phenoxy) is 1. The lowest BCUT2D eigenvalue weighted by Crippen LogP contribution is -2.34. The minimum atomic E-state index is -0.133. The number of nitrogens with zero attached hydrogens (tertiary/aromatic N) is 1. The summed E-state index contributed by atoms with van der Waals surface area (Å²) >= 11 is 0. The van der Waals surface area contributed by atoms with Gasteiger partial charge in [0.2, 0.25) is 11.8 Å². The minimum Gasteiger partial charge on any atom is -0.494 e. The van der Waals surface area contributed by atoms with E-state index in [-0.39, 0.29) is 40.9 Å². The maximum atomic E-state index is 13.0. The van der Waals surface area contributed by atoms with Crippen LogP contribution in [0.3, 0.4) is 0 Å². The van der Waals surface area contributed by atoms with Gasteiger partial charge in [0.15, 0.2) is 0 Å². The molecule has 1 aliphatic heterocycles. The maximum Gasteiger partial charge on any atom is 0.238 e. The minimum absolute atomic E-state index is 0.00430. The van der Waals surface area contributed by atoms with Crippen LogP contribution in [-0.4, -0.2) is 18.4 Å². The van der Waals surface area contributed by atoms with Crippen LogP contribution >= 0.6 is 0 Å². The van der Waals surface area contributed by atoms with E-state index in [1.165, 1.54) is 17.7 Å². The van der Waals surface area contributed by atoms with Crippen LogP contribution in [0.5, 0.6) is 5.75 Å². The highest BCUT2D eigenvalue weighted by Crippen LogP contribution is 2.73. The second kappa shape index (κ2) is 4.71. The van der Waals surface area contributed by atoms with E-state index in [1.54, 1.807) is 0 Å². The summed E-state index contributed by atoms with van der Waals surface area (Å²) in [6.07, 6.45) is 7.70. The molecule has 5 rings (SSSR count). The fourth-order valence-corrected chi connectivity index (χ4v) is 5.24. The Morgan fingerprint density at radius 1 is 1.04 bits per heavy atom. The van der Waals surface area contributed by atoms with E-state index >= 15 is 0 Å². The van der Waals surface area contributed by atoms with Crippen LogP contribution < -0.4 is 9.64 Å². The summed E-state index contributed by atoms with van der Waals surface area (Å²) < 4.78 is 5.58. The van der Waals surface area contributed by atoms with Crippen molar-refractivity contribution in [2.75, 3.05) is 11.5 Å². The van der Waals surface area contributed by atoms with Gasteiger partial charge in [-0.15, -0.1) is 0 Å². The van der Waals surface area contributed by atoms with Gasteiger partial charge < -0.3 is 4.74 Å². The molecule has 3 fully saturated rings. The van der Waals surface area contributed by atoms with E-state index in [0.29, 0.717) is 12.3 Å². The average Bonchev–Trinajstić information content (AvgIpc) is 3.19. The van der Waals surface area contributed by atoms with E-state index in [0.717, 1.165) is 12.2 Å². The Hall–Kier alpha value is -2.10. The predicted octanol–water partition coefficient (Wildman–Crippen LogP) is 3.18. The second-order valence-electron chi connectivity index (χ2n) is 7.58. The number of fused-ring (bicyclic) bond motifs is 3. The van der Waals surface area contributed by atoms with Gasteiger partial charge in [0.05, 0.1) is 24.1 Å². The van der Waals surface area contributed by atoms with Crippen LogP contribution in [0.2, 0.25) is 0 Å². The lowest BCUT2D eigenvalue weighted by Gasteiger charge is -2.21. The SMILES string of the molecule is CCCOc1ccc(N2C(=O)[C@@H]3[C@@H](C2=O)[C@H]2C=C[C@H]3C23CC3)cc1. The van der Waals surface area contributed by atoms with Crippen molar-refractivity contribution in [3.63, 3.8) is 0 Å². The molecule has 2 amide bonds. The summed E-state index contributed by atoms with van der Waals surface area (Å²) in [6, 6.07) is 7.33. The summed E-state index contributed by atoms with van der Waals surface area (Å²) in [4.78, 5) is 27.4. The van der Waals surface area contributed by atoms with Gasteiger partial charge >= 0.3 is 0 Å². The number of carbonyl (C=O) groups excluding carboxylic acids is 2. The molecule has 124 valence electrons. The van der Waals surface area contributed by atoms with Crippen LogP contribution in [0.1, 0.15) is 26.2 Å². The lowest BCUT2D eigenvalue weighted by molar-refractivity contribution is -0.123. The Morgan fingerprint density at radius 3 is 2.12 bits per heavy atom. The van der Waals surface area contributed by atoms with Crippen molar-refractivity contribution in [3.8, 4) is 5.75 Å². The smallest absolute Gasteiger partial charge is 0.238 e. The number of amides is 2. The van der Waals surface area contributed by atoms with Crippen molar-refractivity contribution < 1.29 is 14.3 Å². The average molecular weight is 323 g/mol. The van der Waals surface area contributed by atoms with Crippen molar-refractivity contribution in [1.82, 2.24) is 0 Å². The first-order chi connectivity index (χ1) is 11.7. The summed E-state index contributed by atoms with van der Waals surface area (Å²) in [7, 11) is 0. The van der Waals surface area contributed by atoms with Crippen molar-refractivity contribution in [2.24, 2.45) is 29.1 Å². The van der Waals surface area contributed by atoms with Crippen molar-refractivity contribution in [1.29, 1.82) is 0 Å². The molecule has 2 saturated carbocycles. The highest BCUT2D eigenvalue weighted by Gasteiger charge is 2.73. The van der Waals surface area contributed by atoms with Crippen molar-refractivity contribution >= 4 is 17.5 Å². The molecule has 24 heavy (non-hydrogen) atoms. The first kappa shape index (κ1) is 14.3. The maximum absolute atomic E-state index is 13.0. The normalized spacial score (nSPS) is 34.3. The molecule has 1 aromatic rings. The highest BCUT2D eigenvalue weighted by molar-refractivity contribution is 6.23. The molecule has 1 heterocycles. The molecule has 0 radical (unpaired) electrons. The molecule has 0 unspecified atom stereocenters. The third-order valence-electron chi connectivity index (χ3n) is 6.42. The molecule has 4 heteroatoms. The second-order valence-corrected chi connectivity index (χ2v) is 7.58. The van der Waals surface area contributed by atoms with E-state index < -0.39 is 0 Å². The van der Waals surface area contributed by atoms with E-state index in [4.69, 9.17) is 4.74 Å². The third kappa shape index (κ3) is 1.64. The molecule has 0 aromatic heterocycles. The standard InChI is InChI=1S/C20H21NO3/c1-2-11-24-13-5-3-12(4-6-13)21-18(22)16-14-7-8-15(17(16)19(21)23)20(14)9-10-20/h3-8,14-17H,2,9-11H2,1H3/t14-,15-,16+,17+/m1/s1. The molecule has 3 aliphatic carbocycles. The number of benzene rings is 1. The van der Waals surface area contributed by atoms with Gasteiger partial charge in [0.25, 0.3) is 0 Å². The number of rotatable bonds is 4. The number of hydrogen-bond acceptors (Lipinski definition) is 3. The molecule has 1 saturated heterocycles. The summed E-state index contributed by atoms with van der Waals surface area (Å²) in [5.74, 6) is 1.06. The first-order valence-electron chi connectivity index (χ1n) is 8.96. The summed E-state index contributed by atoms with van der Waals surface area (Å²) in [6.45, 7) is 2.73. The Bertz CT molecular complexity index is 713. The van der Waals surface area contributed by atoms with Crippen molar-refractivity contribution in [2.45, 2.75) is 26.2 Å². The van der Waals surface area contributed by atoms with Gasteiger partial charge in [-0.2, -0.15) is 0 Å². The zero-order chi connectivity index (χ0) is 16.5. The van der Waals surface area contributed by atoms with Crippen LogP contribution in [0.25, 0.3) is 0 Å². The molecule has 2 bridgehead atoms. The van der Waals surface area contributed by atoms with E-state index in [9.17, 15) is 9.59 Å². The molecule has 1 aromatic carbocycles.